The summed E-state index contributed by atoms with van der Waals surface area (Å²) in [6.45, 7) is 9.18. The van der Waals surface area contributed by atoms with Crippen molar-refractivity contribution in [3.63, 3.8) is 0 Å². The van der Waals surface area contributed by atoms with Crippen LogP contribution in [-0.2, 0) is 12.8 Å². The highest BCUT2D eigenvalue weighted by Crippen LogP contribution is 2.41. The Hall–Kier alpha value is -1.82. The zero-order chi connectivity index (χ0) is 17.1. The van der Waals surface area contributed by atoms with Crippen molar-refractivity contribution in [2.75, 3.05) is 0 Å². The lowest BCUT2D eigenvalue weighted by atomic mass is 9.85. The molecule has 0 unspecified atom stereocenters. The molecule has 1 aliphatic rings. The molecule has 0 atom stereocenters. The zero-order valence-electron chi connectivity index (χ0n) is 15.7. The van der Waals surface area contributed by atoms with Crippen molar-refractivity contribution >= 4 is 6.08 Å². The number of fused-ring (bicyclic) bond motifs is 1. The number of allylic oxidation sites excluding steroid dienone is 1. The lowest BCUT2D eigenvalue weighted by molar-refractivity contribution is 0.779. The van der Waals surface area contributed by atoms with E-state index in [1.807, 2.05) is 0 Å². The highest BCUT2D eigenvalue weighted by atomic mass is 14.3. The summed E-state index contributed by atoms with van der Waals surface area (Å²) < 4.78 is 0. The standard InChI is InChI=1S/C24H30/c1-5-7-10-18-15-20-13-14-21(17(3)4)24(23(20)16-18)22-12-9-8-11-19(22)6-2/h8-9,11-14,16-17H,5-7,10,15H2,1-4H3. The van der Waals surface area contributed by atoms with Crippen LogP contribution in [-0.4, -0.2) is 0 Å². The lowest BCUT2D eigenvalue weighted by Crippen LogP contribution is -1.99. The van der Waals surface area contributed by atoms with Crippen molar-refractivity contribution in [1.29, 1.82) is 0 Å². The molecule has 0 heterocycles. The van der Waals surface area contributed by atoms with Crippen LogP contribution in [0.3, 0.4) is 0 Å². The summed E-state index contributed by atoms with van der Waals surface area (Å²) in [6, 6.07) is 13.7. The first-order chi connectivity index (χ1) is 11.7. The highest BCUT2D eigenvalue weighted by Gasteiger charge is 2.21. The van der Waals surface area contributed by atoms with Crippen molar-refractivity contribution in [2.45, 2.75) is 65.7 Å². The third kappa shape index (κ3) is 3.20. The molecule has 0 saturated carbocycles. The molecule has 126 valence electrons. The van der Waals surface area contributed by atoms with E-state index in [0.717, 1.165) is 12.8 Å². The first kappa shape index (κ1) is 17.0. The average Bonchev–Trinajstić information content (AvgIpc) is 3.01. The zero-order valence-corrected chi connectivity index (χ0v) is 15.7. The quantitative estimate of drug-likeness (QED) is 0.529. The number of hydrogen-bond acceptors (Lipinski definition) is 0. The number of benzene rings is 2. The molecule has 3 rings (SSSR count). The summed E-state index contributed by atoms with van der Waals surface area (Å²) >= 11 is 0. The van der Waals surface area contributed by atoms with Crippen LogP contribution < -0.4 is 0 Å². The predicted octanol–water partition coefficient (Wildman–Crippen LogP) is 7.17. The molecule has 0 fully saturated rings. The van der Waals surface area contributed by atoms with E-state index in [9.17, 15) is 0 Å². The minimum Gasteiger partial charge on any atom is -0.0654 e. The Morgan fingerprint density at radius 2 is 1.79 bits per heavy atom. The number of hydrogen-bond donors (Lipinski definition) is 0. The fraction of sp³-hybridized carbons (Fsp3) is 0.417. The monoisotopic (exact) mass is 318 g/mol. The van der Waals surface area contributed by atoms with Crippen LogP contribution in [0.15, 0.2) is 42.0 Å². The molecule has 24 heavy (non-hydrogen) atoms. The SMILES string of the molecule is CCCCC1=Cc2c(ccc(C(C)C)c2-c2ccccc2CC)C1. The molecule has 0 aliphatic heterocycles. The van der Waals surface area contributed by atoms with E-state index in [-0.39, 0.29) is 0 Å². The van der Waals surface area contributed by atoms with E-state index in [1.165, 1.54) is 52.6 Å². The summed E-state index contributed by atoms with van der Waals surface area (Å²) in [6.07, 6.45) is 8.56. The molecule has 0 saturated heterocycles. The van der Waals surface area contributed by atoms with Crippen LogP contribution in [0.1, 0.15) is 75.1 Å². The molecule has 2 aromatic rings. The maximum absolute atomic E-state index is 2.50. The van der Waals surface area contributed by atoms with Gasteiger partial charge in [0.1, 0.15) is 0 Å². The van der Waals surface area contributed by atoms with Crippen LogP contribution in [0.4, 0.5) is 0 Å². The van der Waals surface area contributed by atoms with Crippen LogP contribution >= 0.6 is 0 Å². The Morgan fingerprint density at radius 3 is 2.50 bits per heavy atom. The third-order valence-electron chi connectivity index (χ3n) is 5.28. The summed E-state index contributed by atoms with van der Waals surface area (Å²) in [7, 11) is 0. The Bertz CT molecular complexity index is 747. The minimum atomic E-state index is 0.545. The van der Waals surface area contributed by atoms with Crippen LogP contribution in [0, 0.1) is 0 Å². The number of unbranched alkanes of at least 4 members (excludes halogenated alkanes) is 1. The Balaban J connectivity index is 2.17. The van der Waals surface area contributed by atoms with Crippen molar-refractivity contribution in [1.82, 2.24) is 0 Å². The molecule has 0 radical (unpaired) electrons. The Labute approximate surface area is 147 Å². The van der Waals surface area contributed by atoms with Gasteiger partial charge in [-0.1, -0.05) is 82.2 Å². The van der Waals surface area contributed by atoms with Crippen LogP contribution in [0.2, 0.25) is 0 Å². The Kier molecular flexibility index (Phi) is 5.23. The highest BCUT2D eigenvalue weighted by molar-refractivity contribution is 5.85. The van der Waals surface area contributed by atoms with Gasteiger partial charge >= 0.3 is 0 Å². The van der Waals surface area contributed by atoms with Gasteiger partial charge in [-0.3, -0.25) is 0 Å². The molecule has 0 nitrogen and oxygen atoms in total. The smallest absolute Gasteiger partial charge is 0.00576 e. The summed E-state index contributed by atoms with van der Waals surface area (Å²) in [5.41, 5.74) is 10.5. The molecule has 0 aromatic heterocycles. The van der Waals surface area contributed by atoms with Gasteiger partial charge in [-0.05, 0) is 65.0 Å². The molecule has 0 heteroatoms. The fourth-order valence-corrected chi connectivity index (χ4v) is 3.92. The second-order valence-corrected chi connectivity index (χ2v) is 7.35. The second-order valence-electron chi connectivity index (χ2n) is 7.35. The molecule has 0 N–H and O–H groups in total. The van der Waals surface area contributed by atoms with E-state index >= 15 is 0 Å². The van der Waals surface area contributed by atoms with Crippen molar-refractivity contribution in [3.05, 3.63) is 64.2 Å². The van der Waals surface area contributed by atoms with E-state index < -0.39 is 0 Å². The van der Waals surface area contributed by atoms with Crippen molar-refractivity contribution in [3.8, 4) is 11.1 Å². The average molecular weight is 319 g/mol. The summed E-state index contributed by atoms with van der Waals surface area (Å²) in [5, 5.41) is 0. The predicted molar refractivity (Wildman–Crippen MR) is 107 cm³/mol. The summed E-state index contributed by atoms with van der Waals surface area (Å²) in [4.78, 5) is 0. The maximum atomic E-state index is 2.50. The van der Waals surface area contributed by atoms with Gasteiger partial charge < -0.3 is 0 Å². The van der Waals surface area contributed by atoms with E-state index in [0.29, 0.717) is 5.92 Å². The van der Waals surface area contributed by atoms with Gasteiger partial charge in [0.05, 0.1) is 0 Å². The van der Waals surface area contributed by atoms with Gasteiger partial charge in [-0.25, -0.2) is 0 Å². The van der Waals surface area contributed by atoms with E-state index in [2.05, 4.69) is 70.2 Å². The minimum absolute atomic E-state index is 0.545. The topological polar surface area (TPSA) is 0 Å². The molecular formula is C24H30. The molecule has 0 bridgehead atoms. The molecule has 2 aromatic carbocycles. The third-order valence-corrected chi connectivity index (χ3v) is 5.28. The number of rotatable bonds is 6. The normalized spacial score (nSPS) is 13.3. The number of aryl methyl sites for hydroxylation is 1. The summed E-state index contributed by atoms with van der Waals surface area (Å²) in [5.74, 6) is 0.545. The molecule has 0 amide bonds. The lowest BCUT2D eigenvalue weighted by Gasteiger charge is -2.19. The maximum Gasteiger partial charge on any atom is -0.00576 e. The van der Waals surface area contributed by atoms with Gasteiger partial charge in [0.15, 0.2) is 0 Å². The molecular weight excluding hydrogens is 288 g/mol. The van der Waals surface area contributed by atoms with E-state index in [4.69, 9.17) is 0 Å². The Morgan fingerprint density at radius 1 is 1.00 bits per heavy atom. The van der Waals surface area contributed by atoms with Gasteiger partial charge in [0.25, 0.3) is 0 Å². The second kappa shape index (κ2) is 7.38. The largest absolute Gasteiger partial charge is 0.0654 e. The first-order valence-corrected chi connectivity index (χ1v) is 9.59. The van der Waals surface area contributed by atoms with Crippen LogP contribution in [0.5, 0.6) is 0 Å². The van der Waals surface area contributed by atoms with Crippen LogP contribution in [0.25, 0.3) is 17.2 Å². The van der Waals surface area contributed by atoms with Gasteiger partial charge in [-0.15, -0.1) is 0 Å². The van der Waals surface area contributed by atoms with Gasteiger partial charge in [0, 0.05) is 0 Å². The van der Waals surface area contributed by atoms with Gasteiger partial charge in [-0.2, -0.15) is 0 Å². The fourth-order valence-electron chi connectivity index (χ4n) is 3.92. The van der Waals surface area contributed by atoms with Crippen molar-refractivity contribution in [2.24, 2.45) is 0 Å². The first-order valence-electron chi connectivity index (χ1n) is 9.59. The molecule has 1 aliphatic carbocycles. The van der Waals surface area contributed by atoms with Crippen molar-refractivity contribution < 1.29 is 0 Å². The van der Waals surface area contributed by atoms with Gasteiger partial charge in [0.2, 0.25) is 0 Å². The van der Waals surface area contributed by atoms with E-state index in [1.54, 1.807) is 5.57 Å². The molecule has 0 spiro atoms.